The number of nitrogens with zero attached hydrogens (tertiary/aromatic N) is 1. The van der Waals surface area contributed by atoms with E-state index in [1.54, 1.807) is 24.8 Å². The lowest BCUT2D eigenvalue weighted by molar-refractivity contribution is -0.135. The van der Waals surface area contributed by atoms with Crippen LogP contribution in [-0.4, -0.2) is 23.9 Å². The maximum atomic E-state index is 11.9. The molecule has 1 aliphatic heterocycles. The van der Waals surface area contributed by atoms with Crippen molar-refractivity contribution in [2.45, 2.75) is 26.3 Å². The quantitative estimate of drug-likeness (QED) is 0.569. The molecule has 1 aromatic rings. The zero-order chi connectivity index (χ0) is 13.5. The van der Waals surface area contributed by atoms with Crippen LogP contribution in [0.5, 0.6) is 0 Å². The molecule has 0 spiro atoms. The third-order valence-corrected chi connectivity index (χ3v) is 3.18. The van der Waals surface area contributed by atoms with Gasteiger partial charge in [-0.3, -0.25) is 14.9 Å². The molecule has 1 saturated heterocycles. The fourth-order valence-electron chi connectivity index (χ4n) is 2.14. The molecule has 0 unspecified atom stereocenters. The molecular formula is C13H17N3O2. The molecule has 0 saturated carbocycles. The number of piperazine rings is 1. The lowest BCUT2D eigenvalue weighted by Crippen LogP contribution is -2.64. The van der Waals surface area contributed by atoms with E-state index in [0.29, 0.717) is 5.69 Å². The number of hydrogen-bond acceptors (Lipinski definition) is 4. The Morgan fingerprint density at radius 1 is 1.28 bits per heavy atom. The molecule has 18 heavy (non-hydrogen) atoms. The maximum Gasteiger partial charge on any atom is 0.251 e. The number of carbonyl (C=O) groups excluding carboxylic acids is 2. The van der Waals surface area contributed by atoms with Gasteiger partial charge in [0.25, 0.3) is 5.91 Å². The van der Waals surface area contributed by atoms with E-state index in [-0.39, 0.29) is 18.4 Å². The van der Waals surface area contributed by atoms with Crippen molar-refractivity contribution in [3.63, 3.8) is 0 Å². The number of carbonyl (C=O) groups is 2. The molecule has 3 N–H and O–H groups in total. The first kappa shape index (κ1) is 12.4. The van der Waals surface area contributed by atoms with Crippen molar-refractivity contribution in [2.75, 3.05) is 17.2 Å². The van der Waals surface area contributed by atoms with Gasteiger partial charge in [-0.05, 0) is 44.5 Å². The van der Waals surface area contributed by atoms with Crippen molar-refractivity contribution in [3.8, 4) is 0 Å². The van der Waals surface area contributed by atoms with Gasteiger partial charge in [0, 0.05) is 11.4 Å². The number of aryl methyl sites for hydroxylation is 1. The number of amides is 2. The largest absolute Gasteiger partial charge is 0.399 e. The van der Waals surface area contributed by atoms with Gasteiger partial charge in [0.2, 0.25) is 5.91 Å². The van der Waals surface area contributed by atoms with E-state index in [9.17, 15) is 9.59 Å². The molecule has 5 heteroatoms. The van der Waals surface area contributed by atoms with Gasteiger partial charge in [-0.15, -0.1) is 0 Å². The summed E-state index contributed by atoms with van der Waals surface area (Å²) in [7, 11) is 0. The summed E-state index contributed by atoms with van der Waals surface area (Å²) in [5.41, 5.74) is 7.46. The zero-order valence-electron chi connectivity index (χ0n) is 10.8. The van der Waals surface area contributed by atoms with Gasteiger partial charge in [0.1, 0.15) is 5.54 Å². The van der Waals surface area contributed by atoms with E-state index in [4.69, 9.17) is 5.73 Å². The summed E-state index contributed by atoms with van der Waals surface area (Å²) >= 11 is 0. The molecule has 0 aliphatic carbocycles. The minimum absolute atomic E-state index is 0.154. The van der Waals surface area contributed by atoms with E-state index in [2.05, 4.69) is 5.32 Å². The first-order valence-electron chi connectivity index (χ1n) is 5.80. The highest BCUT2D eigenvalue weighted by Crippen LogP contribution is 2.28. The summed E-state index contributed by atoms with van der Waals surface area (Å²) in [6.45, 7) is 5.65. The van der Waals surface area contributed by atoms with E-state index in [1.165, 1.54) is 0 Å². The van der Waals surface area contributed by atoms with Crippen LogP contribution in [0, 0.1) is 6.92 Å². The molecule has 0 radical (unpaired) electrons. The summed E-state index contributed by atoms with van der Waals surface area (Å²) in [4.78, 5) is 25.2. The van der Waals surface area contributed by atoms with Crippen LogP contribution in [0.15, 0.2) is 18.2 Å². The van der Waals surface area contributed by atoms with Crippen molar-refractivity contribution in [2.24, 2.45) is 0 Å². The number of benzene rings is 1. The standard InChI is InChI=1S/C13H17N3O2/c1-8-4-9(14)6-10(5-8)16-7-11(17)15-12(18)13(16,2)3/h4-6H,7,14H2,1-3H3,(H,15,17,18). The van der Waals surface area contributed by atoms with Crippen LogP contribution < -0.4 is 16.0 Å². The number of nitrogens with one attached hydrogen (secondary N) is 1. The van der Waals surface area contributed by atoms with Gasteiger partial charge >= 0.3 is 0 Å². The summed E-state index contributed by atoms with van der Waals surface area (Å²) < 4.78 is 0. The number of imide groups is 1. The van der Waals surface area contributed by atoms with Crippen LogP contribution >= 0.6 is 0 Å². The van der Waals surface area contributed by atoms with Crippen molar-refractivity contribution in [1.82, 2.24) is 5.32 Å². The zero-order valence-corrected chi connectivity index (χ0v) is 10.8. The summed E-state index contributed by atoms with van der Waals surface area (Å²) in [5, 5.41) is 2.35. The Morgan fingerprint density at radius 2 is 1.94 bits per heavy atom. The Hall–Kier alpha value is -2.04. The molecule has 1 fully saturated rings. The van der Waals surface area contributed by atoms with Gasteiger partial charge < -0.3 is 10.6 Å². The minimum Gasteiger partial charge on any atom is -0.399 e. The lowest BCUT2D eigenvalue weighted by Gasteiger charge is -2.42. The van der Waals surface area contributed by atoms with Crippen molar-refractivity contribution < 1.29 is 9.59 Å². The van der Waals surface area contributed by atoms with Crippen molar-refractivity contribution >= 4 is 23.2 Å². The Labute approximate surface area is 106 Å². The van der Waals surface area contributed by atoms with E-state index in [1.807, 2.05) is 19.1 Å². The van der Waals surface area contributed by atoms with Gasteiger partial charge in [-0.25, -0.2) is 0 Å². The van der Waals surface area contributed by atoms with Gasteiger partial charge in [-0.2, -0.15) is 0 Å². The molecule has 5 nitrogen and oxygen atoms in total. The minimum atomic E-state index is -0.770. The van der Waals surface area contributed by atoms with Crippen LogP contribution in [0.2, 0.25) is 0 Å². The van der Waals surface area contributed by atoms with Gasteiger partial charge in [0.05, 0.1) is 6.54 Å². The average molecular weight is 247 g/mol. The molecule has 1 heterocycles. The third kappa shape index (κ3) is 2.03. The molecule has 0 atom stereocenters. The number of anilines is 2. The summed E-state index contributed by atoms with van der Waals surface area (Å²) in [6, 6.07) is 5.55. The van der Waals surface area contributed by atoms with Crippen LogP contribution in [0.3, 0.4) is 0 Å². The Bertz CT molecular complexity index is 503. The number of rotatable bonds is 1. The topological polar surface area (TPSA) is 75.4 Å². The molecule has 1 aliphatic rings. The van der Waals surface area contributed by atoms with E-state index < -0.39 is 5.54 Å². The number of nitrogens with two attached hydrogens (primary N) is 1. The molecule has 2 amide bonds. The van der Waals surface area contributed by atoms with Gasteiger partial charge in [0.15, 0.2) is 0 Å². The highest BCUT2D eigenvalue weighted by atomic mass is 16.2. The highest BCUT2D eigenvalue weighted by molar-refractivity contribution is 6.06. The van der Waals surface area contributed by atoms with Crippen LogP contribution in [0.4, 0.5) is 11.4 Å². The Morgan fingerprint density at radius 3 is 2.56 bits per heavy atom. The lowest BCUT2D eigenvalue weighted by atomic mass is 9.97. The molecule has 0 bridgehead atoms. The van der Waals surface area contributed by atoms with Crippen molar-refractivity contribution in [1.29, 1.82) is 0 Å². The fourth-order valence-corrected chi connectivity index (χ4v) is 2.14. The van der Waals surface area contributed by atoms with Crippen LogP contribution in [-0.2, 0) is 9.59 Å². The second kappa shape index (κ2) is 4.01. The second-order valence-electron chi connectivity index (χ2n) is 5.12. The molecule has 1 aromatic carbocycles. The number of hydrogen-bond donors (Lipinski definition) is 2. The van der Waals surface area contributed by atoms with E-state index in [0.717, 1.165) is 11.3 Å². The monoisotopic (exact) mass is 247 g/mol. The molecular weight excluding hydrogens is 230 g/mol. The first-order chi connectivity index (χ1) is 8.30. The Balaban J connectivity index is 2.46. The molecule has 96 valence electrons. The normalized spacial score (nSPS) is 18.7. The highest BCUT2D eigenvalue weighted by Gasteiger charge is 2.41. The SMILES string of the molecule is Cc1cc(N)cc(N2CC(=O)NC(=O)C2(C)C)c1. The fraction of sp³-hybridized carbons (Fsp3) is 0.385. The molecule has 2 rings (SSSR count). The average Bonchev–Trinajstić information content (AvgIpc) is 2.22. The number of nitrogen functional groups attached to an aromatic ring is 1. The summed E-state index contributed by atoms with van der Waals surface area (Å²) in [6.07, 6.45) is 0. The molecule has 0 aromatic heterocycles. The first-order valence-corrected chi connectivity index (χ1v) is 5.80. The third-order valence-electron chi connectivity index (χ3n) is 3.18. The predicted molar refractivity (Wildman–Crippen MR) is 70.2 cm³/mol. The second-order valence-corrected chi connectivity index (χ2v) is 5.12. The van der Waals surface area contributed by atoms with Crippen molar-refractivity contribution in [3.05, 3.63) is 23.8 Å². The summed E-state index contributed by atoms with van der Waals surface area (Å²) in [5.74, 6) is -0.585. The van der Waals surface area contributed by atoms with Crippen LogP contribution in [0.1, 0.15) is 19.4 Å². The van der Waals surface area contributed by atoms with Gasteiger partial charge in [-0.1, -0.05) is 0 Å². The Kier molecular flexibility index (Phi) is 2.77. The van der Waals surface area contributed by atoms with E-state index >= 15 is 0 Å². The van der Waals surface area contributed by atoms with Crippen LogP contribution in [0.25, 0.3) is 0 Å². The smallest absolute Gasteiger partial charge is 0.251 e. The maximum absolute atomic E-state index is 11.9. The predicted octanol–water partition coefficient (Wildman–Crippen LogP) is 0.819.